The van der Waals surface area contributed by atoms with Crippen molar-refractivity contribution in [1.82, 2.24) is 0 Å². The molecule has 3 aliphatic rings. The average molecular weight is 582 g/mol. The number of carbonyl (C=O) groups excluding carboxylic acids is 2. The minimum absolute atomic E-state index is 0.0975. The highest BCUT2D eigenvalue weighted by Crippen LogP contribution is 2.63. The maximum Gasteiger partial charge on any atom is 0.324 e. The summed E-state index contributed by atoms with van der Waals surface area (Å²) in [5.41, 5.74) is -2.42. The van der Waals surface area contributed by atoms with Crippen LogP contribution in [0, 0.1) is 17.3 Å². The standard InChI is InChI=1S/C15H18Br4O4/c1-6-3-4-7-11(23-12(21)14(7,19)5-16)13(2)10(20)8(17)9(18)15(6,13)22/h6-9,11,22H,3-5H2,1-2H3/t6-,7+,8?,9?,11+,13-,14?,15-/m0/s1. The van der Waals surface area contributed by atoms with E-state index in [1.54, 1.807) is 6.92 Å². The number of alkyl halides is 4. The molecule has 4 nitrogen and oxygen atoms in total. The lowest BCUT2D eigenvalue weighted by Gasteiger charge is -2.45. The number of rotatable bonds is 1. The molecule has 8 atom stereocenters. The number of fused-ring (bicyclic) bond motifs is 3. The first-order valence-corrected chi connectivity index (χ1v) is 11.3. The molecule has 1 aliphatic heterocycles. The molecule has 8 heteroatoms. The number of hydrogen-bond donors (Lipinski definition) is 1. The molecule has 0 aromatic carbocycles. The molecule has 3 unspecified atom stereocenters. The average Bonchev–Trinajstić information content (AvgIpc) is 2.82. The van der Waals surface area contributed by atoms with Crippen LogP contribution >= 0.6 is 63.7 Å². The molecule has 2 aliphatic carbocycles. The molecular formula is C15H18Br4O4. The van der Waals surface area contributed by atoms with Crippen LogP contribution in [-0.2, 0) is 14.3 Å². The largest absolute Gasteiger partial charge is 0.460 e. The molecule has 2 saturated carbocycles. The van der Waals surface area contributed by atoms with Crippen LogP contribution in [-0.4, -0.2) is 47.9 Å². The molecule has 0 radical (unpaired) electrons. The Hall–Kier alpha value is 1.02. The van der Waals surface area contributed by atoms with Gasteiger partial charge in [-0.3, -0.25) is 9.59 Å². The normalized spacial score (nSPS) is 56.0. The Kier molecular flexibility index (Phi) is 4.71. The first-order valence-electron chi connectivity index (χ1n) is 7.57. The Morgan fingerprint density at radius 1 is 1.30 bits per heavy atom. The fourth-order valence-electron chi connectivity index (χ4n) is 4.67. The predicted molar refractivity (Wildman–Crippen MR) is 101 cm³/mol. The molecule has 130 valence electrons. The second-order valence-electron chi connectivity index (χ2n) is 7.10. The summed E-state index contributed by atoms with van der Waals surface area (Å²) < 4.78 is 4.86. The van der Waals surface area contributed by atoms with Crippen molar-refractivity contribution in [1.29, 1.82) is 0 Å². The third kappa shape index (κ3) is 2.07. The number of hydrogen-bond acceptors (Lipinski definition) is 4. The Morgan fingerprint density at radius 3 is 2.48 bits per heavy atom. The molecule has 23 heavy (non-hydrogen) atoms. The fraction of sp³-hybridized carbons (Fsp3) is 0.867. The van der Waals surface area contributed by atoms with Crippen molar-refractivity contribution < 1.29 is 19.4 Å². The third-order valence-corrected chi connectivity index (χ3v) is 11.9. The Morgan fingerprint density at radius 2 is 1.91 bits per heavy atom. The predicted octanol–water partition coefficient (Wildman–Crippen LogP) is 3.33. The van der Waals surface area contributed by atoms with Crippen LogP contribution in [0.2, 0.25) is 0 Å². The van der Waals surface area contributed by atoms with Crippen LogP contribution in [0.5, 0.6) is 0 Å². The van der Waals surface area contributed by atoms with E-state index in [4.69, 9.17) is 4.74 Å². The van der Waals surface area contributed by atoms with Gasteiger partial charge in [0.2, 0.25) is 0 Å². The van der Waals surface area contributed by atoms with Gasteiger partial charge in [-0.05, 0) is 25.7 Å². The Labute approximate surface area is 169 Å². The van der Waals surface area contributed by atoms with Gasteiger partial charge in [0.1, 0.15) is 10.4 Å². The molecule has 0 bridgehead atoms. The molecule has 1 saturated heterocycles. The zero-order valence-electron chi connectivity index (χ0n) is 12.7. The molecule has 0 aromatic rings. The second kappa shape index (κ2) is 5.76. The van der Waals surface area contributed by atoms with Crippen molar-refractivity contribution in [3.8, 4) is 0 Å². The number of ketones is 1. The van der Waals surface area contributed by atoms with Gasteiger partial charge in [-0.2, -0.15) is 0 Å². The zero-order valence-corrected chi connectivity index (χ0v) is 19.0. The number of ether oxygens (including phenoxy) is 1. The monoisotopic (exact) mass is 578 g/mol. The van der Waals surface area contributed by atoms with Crippen LogP contribution in [0.25, 0.3) is 0 Å². The number of halogens is 4. The van der Waals surface area contributed by atoms with E-state index in [0.29, 0.717) is 11.8 Å². The topological polar surface area (TPSA) is 63.6 Å². The van der Waals surface area contributed by atoms with E-state index in [1.807, 2.05) is 6.92 Å². The van der Waals surface area contributed by atoms with Gasteiger partial charge in [-0.1, -0.05) is 70.6 Å². The van der Waals surface area contributed by atoms with Crippen LogP contribution in [0.1, 0.15) is 26.7 Å². The summed E-state index contributed by atoms with van der Waals surface area (Å²) in [6, 6.07) is 0. The van der Waals surface area contributed by atoms with Gasteiger partial charge in [0.05, 0.1) is 20.7 Å². The first-order chi connectivity index (χ1) is 10.6. The van der Waals surface area contributed by atoms with Crippen molar-refractivity contribution in [3.63, 3.8) is 0 Å². The van der Waals surface area contributed by atoms with Crippen LogP contribution < -0.4 is 0 Å². The Bertz CT molecular complexity index is 572. The minimum atomic E-state index is -1.28. The third-order valence-electron chi connectivity index (χ3n) is 6.22. The number of Topliss-reactive ketones (excluding diaryl/α,β-unsaturated/α-hetero) is 1. The molecule has 0 amide bonds. The lowest BCUT2D eigenvalue weighted by atomic mass is 9.65. The summed E-state index contributed by atoms with van der Waals surface area (Å²) in [4.78, 5) is 24.6. The molecule has 0 spiro atoms. The van der Waals surface area contributed by atoms with E-state index in [-0.39, 0.29) is 23.6 Å². The van der Waals surface area contributed by atoms with Gasteiger partial charge in [0, 0.05) is 11.2 Å². The van der Waals surface area contributed by atoms with Crippen molar-refractivity contribution >= 4 is 75.5 Å². The SMILES string of the molecule is C[C@H]1CC[C@@H]2[C@@H](OC(=O)C2(Br)CBr)[C@]2(C)C(=O)C(Br)C(Br)[C@@]12O. The summed E-state index contributed by atoms with van der Waals surface area (Å²) in [5.74, 6) is -0.735. The lowest BCUT2D eigenvalue weighted by molar-refractivity contribution is -0.170. The highest BCUT2D eigenvalue weighted by molar-refractivity contribution is 9.13. The Balaban J connectivity index is 2.19. The summed E-state index contributed by atoms with van der Waals surface area (Å²) >= 11 is 13.9. The number of aliphatic hydroxyl groups is 1. The van der Waals surface area contributed by atoms with Crippen molar-refractivity contribution in [2.24, 2.45) is 17.3 Å². The second-order valence-corrected chi connectivity index (χ2v) is 11.1. The van der Waals surface area contributed by atoms with Crippen LogP contribution in [0.15, 0.2) is 0 Å². The van der Waals surface area contributed by atoms with Gasteiger partial charge < -0.3 is 9.84 Å². The maximum atomic E-state index is 13.1. The van der Waals surface area contributed by atoms with Crippen LogP contribution in [0.4, 0.5) is 0 Å². The zero-order chi connectivity index (χ0) is 17.4. The van der Waals surface area contributed by atoms with Crippen molar-refractivity contribution in [3.05, 3.63) is 0 Å². The number of carbonyl (C=O) groups is 2. The minimum Gasteiger partial charge on any atom is -0.460 e. The summed E-state index contributed by atoms with van der Waals surface area (Å²) in [7, 11) is 0. The van der Waals surface area contributed by atoms with Gasteiger partial charge in [0.25, 0.3) is 0 Å². The first kappa shape index (κ1) is 18.8. The molecular weight excluding hydrogens is 564 g/mol. The lowest BCUT2D eigenvalue weighted by Crippen LogP contribution is -2.59. The molecule has 1 heterocycles. The van der Waals surface area contributed by atoms with E-state index in [1.165, 1.54) is 0 Å². The van der Waals surface area contributed by atoms with Gasteiger partial charge in [0.15, 0.2) is 5.78 Å². The van der Waals surface area contributed by atoms with Crippen molar-refractivity contribution in [2.45, 2.75) is 52.4 Å². The molecule has 0 aromatic heterocycles. The fourth-order valence-corrected chi connectivity index (χ4v) is 7.92. The van der Waals surface area contributed by atoms with Crippen molar-refractivity contribution in [2.75, 3.05) is 5.33 Å². The van der Waals surface area contributed by atoms with Gasteiger partial charge in [-0.15, -0.1) is 0 Å². The van der Waals surface area contributed by atoms with E-state index in [2.05, 4.69) is 63.7 Å². The van der Waals surface area contributed by atoms with Gasteiger partial charge in [-0.25, -0.2) is 0 Å². The highest BCUT2D eigenvalue weighted by Gasteiger charge is 2.76. The van der Waals surface area contributed by atoms with Gasteiger partial charge >= 0.3 is 5.97 Å². The highest BCUT2D eigenvalue weighted by atomic mass is 79.9. The van der Waals surface area contributed by atoms with E-state index < -0.39 is 31.1 Å². The molecule has 3 rings (SSSR count). The summed E-state index contributed by atoms with van der Waals surface area (Å²) in [5, 5.41) is 12.0. The van der Waals surface area contributed by atoms with Crippen LogP contribution in [0.3, 0.4) is 0 Å². The molecule has 3 fully saturated rings. The van der Waals surface area contributed by atoms with E-state index in [0.717, 1.165) is 6.42 Å². The molecule has 1 N–H and O–H groups in total. The van der Waals surface area contributed by atoms with E-state index in [9.17, 15) is 14.7 Å². The number of esters is 1. The summed E-state index contributed by atoms with van der Waals surface area (Å²) in [6.45, 7) is 3.72. The maximum absolute atomic E-state index is 13.1. The summed E-state index contributed by atoms with van der Waals surface area (Å²) in [6.07, 6.45) is 0.794. The van der Waals surface area contributed by atoms with E-state index >= 15 is 0 Å². The quantitative estimate of drug-likeness (QED) is 0.381. The smallest absolute Gasteiger partial charge is 0.324 e.